The van der Waals surface area contributed by atoms with E-state index in [0.717, 1.165) is 11.3 Å². The zero-order chi connectivity index (χ0) is 13.2. The van der Waals surface area contributed by atoms with Gasteiger partial charge in [-0.15, -0.1) is 0 Å². The highest BCUT2D eigenvalue weighted by molar-refractivity contribution is 5.95. The number of para-hydroxylation sites is 1. The van der Waals surface area contributed by atoms with Gasteiger partial charge in [-0.2, -0.15) is 13.2 Å². The summed E-state index contributed by atoms with van der Waals surface area (Å²) in [5.74, 6) is 0.394. The molecule has 1 aliphatic rings. The van der Waals surface area contributed by atoms with Crippen molar-refractivity contribution in [3.63, 3.8) is 0 Å². The normalized spacial score (nSPS) is 16.3. The van der Waals surface area contributed by atoms with Crippen LogP contribution in [0.2, 0.25) is 0 Å². The largest absolute Gasteiger partial charge is 0.391 e. The summed E-state index contributed by atoms with van der Waals surface area (Å²) >= 11 is 0. The summed E-state index contributed by atoms with van der Waals surface area (Å²) in [5, 5.41) is 5.72. The van der Waals surface area contributed by atoms with E-state index >= 15 is 0 Å². The van der Waals surface area contributed by atoms with Crippen molar-refractivity contribution in [3.8, 4) is 0 Å². The van der Waals surface area contributed by atoms with Gasteiger partial charge in [0.15, 0.2) is 5.96 Å². The lowest BCUT2D eigenvalue weighted by atomic mass is 10.1. The minimum Gasteiger partial charge on any atom is -0.353 e. The lowest BCUT2D eigenvalue weighted by molar-refractivity contribution is -0.138. The molecule has 0 spiro atoms. The van der Waals surface area contributed by atoms with E-state index < -0.39 is 18.6 Å². The van der Waals surface area contributed by atoms with Crippen LogP contribution in [-0.4, -0.2) is 18.2 Å². The van der Waals surface area contributed by atoms with Gasteiger partial charge >= 0.3 is 6.18 Å². The molecule has 0 amide bonds. The molecule has 1 unspecified atom stereocenters. The molecule has 18 heavy (non-hydrogen) atoms. The minimum absolute atomic E-state index is 0.394. The zero-order valence-corrected chi connectivity index (χ0v) is 9.88. The third kappa shape index (κ3) is 3.38. The Morgan fingerprint density at radius 2 is 2.11 bits per heavy atom. The van der Waals surface area contributed by atoms with E-state index in [4.69, 9.17) is 0 Å². The molecule has 1 aliphatic heterocycles. The number of alkyl halides is 3. The van der Waals surface area contributed by atoms with Gasteiger partial charge in [0.1, 0.15) is 0 Å². The van der Waals surface area contributed by atoms with E-state index in [1.807, 2.05) is 24.3 Å². The molecule has 0 saturated heterocycles. The maximum atomic E-state index is 12.2. The smallest absolute Gasteiger partial charge is 0.353 e. The fourth-order valence-electron chi connectivity index (χ4n) is 1.82. The van der Waals surface area contributed by atoms with E-state index in [1.54, 1.807) is 0 Å². The number of guanidine groups is 1. The Morgan fingerprint density at radius 3 is 2.83 bits per heavy atom. The summed E-state index contributed by atoms with van der Waals surface area (Å²) in [6, 6.07) is 6.87. The number of halogens is 3. The third-order valence-electron chi connectivity index (χ3n) is 2.60. The molecular formula is C12H14F3N3. The number of fused-ring (bicyclic) bond motifs is 1. The van der Waals surface area contributed by atoms with Crippen molar-refractivity contribution in [3.05, 3.63) is 29.8 Å². The van der Waals surface area contributed by atoms with Crippen LogP contribution in [0.1, 0.15) is 18.9 Å². The second-order valence-electron chi connectivity index (χ2n) is 4.31. The Kier molecular flexibility index (Phi) is 3.45. The molecular weight excluding hydrogens is 243 g/mol. The Hall–Kier alpha value is -1.72. The summed E-state index contributed by atoms with van der Waals surface area (Å²) in [6.07, 6.45) is -5.05. The Labute approximate surface area is 103 Å². The standard InChI is InChI=1S/C12H14F3N3/c1-8(6-12(13,14)15)17-11-16-7-9-4-2-3-5-10(9)18-11/h2-5,8H,6-7H2,1H3,(H2,16,17,18). The highest BCUT2D eigenvalue weighted by atomic mass is 19.4. The second-order valence-corrected chi connectivity index (χ2v) is 4.31. The molecule has 0 fully saturated rings. The van der Waals surface area contributed by atoms with Crippen LogP contribution in [0, 0.1) is 0 Å². The Bertz CT molecular complexity index is 454. The van der Waals surface area contributed by atoms with Crippen molar-refractivity contribution in [2.24, 2.45) is 4.99 Å². The van der Waals surface area contributed by atoms with Crippen LogP contribution >= 0.6 is 0 Å². The first-order valence-corrected chi connectivity index (χ1v) is 5.67. The minimum atomic E-state index is -4.17. The maximum Gasteiger partial charge on any atom is 0.391 e. The number of hydrogen-bond acceptors (Lipinski definition) is 3. The molecule has 0 bridgehead atoms. The summed E-state index contributed by atoms with van der Waals surface area (Å²) in [7, 11) is 0. The topological polar surface area (TPSA) is 36.4 Å². The number of benzene rings is 1. The molecule has 3 nitrogen and oxygen atoms in total. The maximum absolute atomic E-state index is 12.2. The average Bonchev–Trinajstić information content (AvgIpc) is 2.26. The van der Waals surface area contributed by atoms with Gasteiger partial charge in [0.05, 0.1) is 13.0 Å². The first kappa shape index (κ1) is 12.7. The fraction of sp³-hybridized carbons (Fsp3) is 0.417. The SMILES string of the molecule is CC(CC(F)(F)F)NC1=NCc2ccccc2N1. The number of hydrogen-bond donors (Lipinski definition) is 2. The van der Waals surface area contributed by atoms with Gasteiger partial charge in [-0.1, -0.05) is 18.2 Å². The van der Waals surface area contributed by atoms with Gasteiger partial charge in [0.25, 0.3) is 0 Å². The van der Waals surface area contributed by atoms with Gasteiger partial charge in [0.2, 0.25) is 0 Å². The van der Waals surface area contributed by atoms with Gasteiger partial charge in [0, 0.05) is 11.7 Å². The Balaban J connectivity index is 1.95. The van der Waals surface area contributed by atoms with Crippen LogP contribution in [0.5, 0.6) is 0 Å². The predicted molar refractivity (Wildman–Crippen MR) is 64.5 cm³/mol. The van der Waals surface area contributed by atoms with Crippen molar-refractivity contribution < 1.29 is 13.2 Å². The van der Waals surface area contributed by atoms with Gasteiger partial charge in [-0.25, -0.2) is 4.99 Å². The highest BCUT2D eigenvalue weighted by Crippen LogP contribution is 2.22. The summed E-state index contributed by atoms with van der Waals surface area (Å²) in [5.41, 5.74) is 1.92. The van der Waals surface area contributed by atoms with E-state index in [2.05, 4.69) is 15.6 Å². The molecule has 0 aromatic heterocycles. The first-order valence-electron chi connectivity index (χ1n) is 5.67. The zero-order valence-electron chi connectivity index (χ0n) is 9.88. The summed E-state index contributed by atoms with van der Waals surface area (Å²) in [4.78, 5) is 4.17. The monoisotopic (exact) mass is 257 g/mol. The van der Waals surface area contributed by atoms with Crippen LogP contribution in [0.25, 0.3) is 0 Å². The van der Waals surface area contributed by atoms with Gasteiger partial charge in [-0.05, 0) is 18.6 Å². The van der Waals surface area contributed by atoms with E-state index in [9.17, 15) is 13.2 Å². The molecule has 2 N–H and O–H groups in total. The van der Waals surface area contributed by atoms with Crippen molar-refractivity contribution in [2.75, 3.05) is 5.32 Å². The van der Waals surface area contributed by atoms with E-state index in [0.29, 0.717) is 12.5 Å². The third-order valence-corrected chi connectivity index (χ3v) is 2.60. The van der Waals surface area contributed by atoms with Crippen molar-refractivity contribution in [2.45, 2.75) is 32.1 Å². The summed E-state index contributed by atoms with van der Waals surface area (Å²) in [6.45, 7) is 1.96. The number of nitrogens with one attached hydrogen (secondary N) is 2. The molecule has 98 valence electrons. The quantitative estimate of drug-likeness (QED) is 0.854. The second kappa shape index (κ2) is 4.88. The lowest BCUT2D eigenvalue weighted by Crippen LogP contribution is -2.41. The predicted octanol–water partition coefficient (Wildman–Crippen LogP) is 2.90. The number of rotatable bonds is 2. The molecule has 0 aliphatic carbocycles. The summed E-state index contributed by atoms with van der Waals surface area (Å²) < 4.78 is 36.6. The van der Waals surface area contributed by atoms with Crippen molar-refractivity contribution in [1.82, 2.24) is 5.32 Å². The molecule has 1 heterocycles. The molecule has 2 rings (SSSR count). The van der Waals surface area contributed by atoms with Crippen LogP contribution in [0.4, 0.5) is 18.9 Å². The number of anilines is 1. The Morgan fingerprint density at radius 1 is 1.39 bits per heavy atom. The first-order chi connectivity index (χ1) is 8.44. The molecule has 1 aromatic rings. The van der Waals surface area contributed by atoms with Gasteiger partial charge in [-0.3, -0.25) is 0 Å². The molecule has 0 radical (unpaired) electrons. The average molecular weight is 257 g/mol. The van der Waals surface area contributed by atoms with Crippen LogP contribution in [0.3, 0.4) is 0 Å². The molecule has 6 heteroatoms. The van der Waals surface area contributed by atoms with E-state index in [1.165, 1.54) is 6.92 Å². The van der Waals surface area contributed by atoms with Gasteiger partial charge < -0.3 is 10.6 Å². The van der Waals surface area contributed by atoms with Crippen molar-refractivity contribution in [1.29, 1.82) is 0 Å². The highest BCUT2D eigenvalue weighted by Gasteiger charge is 2.30. The molecule has 1 aromatic carbocycles. The molecule has 0 saturated carbocycles. The van der Waals surface area contributed by atoms with Crippen molar-refractivity contribution >= 4 is 11.6 Å². The lowest BCUT2D eigenvalue weighted by Gasteiger charge is -2.23. The number of nitrogens with zero attached hydrogens (tertiary/aromatic N) is 1. The fourth-order valence-corrected chi connectivity index (χ4v) is 1.82. The van der Waals surface area contributed by atoms with E-state index in [-0.39, 0.29) is 0 Å². The van der Waals surface area contributed by atoms with Crippen LogP contribution in [-0.2, 0) is 6.54 Å². The molecule has 1 atom stereocenters. The van der Waals surface area contributed by atoms with Crippen LogP contribution < -0.4 is 10.6 Å². The van der Waals surface area contributed by atoms with Crippen LogP contribution in [0.15, 0.2) is 29.3 Å². The number of aliphatic imine (C=N–C) groups is 1.